The van der Waals surface area contributed by atoms with E-state index in [0.717, 1.165) is 0 Å². The molecule has 0 amide bonds. The summed E-state index contributed by atoms with van der Waals surface area (Å²) in [5, 5.41) is 13.8. The summed E-state index contributed by atoms with van der Waals surface area (Å²) in [5.74, 6) is 0.0211. The van der Waals surface area contributed by atoms with Crippen LogP contribution in [0.25, 0.3) is 11.3 Å². The fourth-order valence-corrected chi connectivity index (χ4v) is 2.08. The van der Waals surface area contributed by atoms with Crippen molar-refractivity contribution < 1.29 is 14.6 Å². The van der Waals surface area contributed by atoms with Gasteiger partial charge in [0.1, 0.15) is 17.0 Å². The van der Waals surface area contributed by atoms with Gasteiger partial charge in [-0.15, -0.1) is 0 Å². The summed E-state index contributed by atoms with van der Waals surface area (Å²) in [4.78, 5) is 11.4. The normalized spacial score (nSPS) is 10.8. The van der Waals surface area contributed by atoms with Gasteiger partial charge in [-0.1, -0.05) is 26.0 Å². The number of benzene rings is 1. The molecule has 0 radical (unpaired) electrons. The number of ether oxygens (including phenoxy) is 1. The van der Waals surface area contributed by atoms with Crippen LogP contribution in [0.3, 0.4) is 0 Å². The molecule has 0 aliphatic rings. The number of aromatic carboxylic acids is 1. The molecule has 0 saturated heterocycles. The van der Waals surface area contributed by atoms with Crippen LogP contribution in [0.4, 0.5) is 0 Å². The van der Waals surface area contributed by atoms with Crippen LogP contribution in [0.5, 0.6) is 5.75 Å². The number of nitrogens with zero attached hydrogens (tertiary/aromatic N) is 2. The van der Waals surface area contributed by atoms with E-state index < -0.39 is 5.97 Å². The van der Waals surface area contributed by atoms with Crippen molar-refractivity contribution >= 4 is 5.97 Å². The molecule has 0 saturated carbocycles. The van der Waals surface area contributed by atoms with Gasteiger partial charge in [0.2, 0.25) is 0 Å². The predicted octanol–water partition coefficient (Wildman–Crippen LogP) is 2.91. The summed E-state index contributed by atoms with van der Waals surface area (Å²) in [6.45, 7) is 4.80. The van der Waals surface area contributed by atoms with Crippen molar-refractivity contribution in [3.05, 3.63) is 36.0 Å². The molecule has 0 bridgehead atoms. The zero-order valence-corrected chi connectivity index (χ0v) is 11.8. The van der Waals surface area contributed by atoms with E-state index in [1.165, 1.54) is 0 Å². The summed E-state index contributed by atoms with van der Waals surface area (Å²) in [6, 6.07) is 7.29. The van der Waals surface area contributed by atoms with Crippen molar-refractivity contribution in [2.24, 2.45) is 5.92 Å². The lowest BCUT2D eigenvalue weighted by Gasteiger charge is -2.07. The summed E-state index contributed by atoms with van der Waals surface area (Å²) >= 11 is 0. The zero-order chi connectivity index (χ0) is 14.7. The third-order valence-electron chi connectivity index (χ3n) is 2.91. The summed E-state index contributed by atoms with van der Waals surface area (Å²) in [5.41, 5.74) is 1.32. The Morgan fingerprint density at radius 3 is 2.70 bits per heavy atom. The lowest BCUT2D eigenvalue weighted by Crippen LogP contribution is -2.04. The van der Waals surface area contributed by atoms with Gasteiger partial charge in [-0.05, 0) is 18.1 Å². The molecule has 0 fully saturated rings. The van der Waals surface area contributed by atoms with Crippen LogP contribution in [-0.2, 0) is 6.54 Å². The van der Waals surface area contributed by atoms with E-state index in [2.05, 4.69) is 18.9 Å². The number of aromatic nitrogens is 2. The lowest BCUT2D eigenvalue weighted by atomic mass is 10.1. The van der Waals surface area contributed by atoms with Gasteiger partial charge in [0.25, 0.3) is 0 Å². The molecule has 5 heteroatoms. The van der Waals surface area contributed by atoms with Crippen LogP contribution in [0, 0.1) is 5.92 Å². The first kappa shape index (κ1) is 14.1. The molecule has 0 unspecified atom stereocenters. The first-order chi connectivity index (χ1) is 9.52. The molecule has 1 N–H and O–H groups in total. The Morgan fingerprint density at radius 2 is 2.10 bits per heavy atom. The molecule has 1 aromatic heterocycles. The van der Waals surface area contributed by atoms with Crippen LogP contribution in [0.1, 0.15) is 24.2 Å². The quantitative estimate of drug-likeness (QED) is 0.910. The molecule has 0 aliphatic heterocycles. The minimum Gasteiger partial charge on any atom is -0.496 e. The van der Waals surface area contributed by atoms with Crippen molar-refractivity contribution in [1.82, 2.24) is 9.78 Å². The van der Waals surface area contributed by atoms with Crippen LogP contribution in [0.2, 0.25) is 0 Å². The lowest BCUT2D eigenvalue weighted by molar-refractivity contribution is 0.0697. The number of hydrogen-bond acceptors (Lipinski definition) is 3. The van der Waals surface area contributed by atoms with Gasteiger partial charge in [-0.3, -0.25) is 4.68 Å². The smallest absolute Gasteiger partial charge is 0.339 e. The maximum Gasteiger partial charge on any atom is 0.339 e. The number of hydrogen-bond donors (Lipinski definition) is 1. The van der Waals surface area contributed by atoms with Crippen LogP contribution >= 0.6 is 0 Å². The van der Waals surface area contributed by atoms with Gasteiger partial charge in [-0.25, -0.2) is 4.79 Å². The average Bonchev–Trinajstić information content (AvgIpc) is 2.81. The van der Waals surface area contributed by atoms with Crippen molar-refractivity contribution in [3.63, 3.8) is 0 Å². The topological polar surface area (TPSA) is 64.4 Å². The molecule has 0 atom stereocenters. The SMILES string of the molecule is COc1ccccc1-c1nn(CC(C)C)cc1C(=O)O. The largest absolute Gasteiger partial charge is 0.496 e. The highest BCUT2D eigenvalue weighted by Crippen LogP contribution is 2.31. The fraction of sp³-hybridized carbons (Fsp3) is 0.333. The van der Waals surface area contributed by atoms with E-state index in [4.69, 9.17) is 4.74 Å². The maximum absolute atomic E-state index is 11.4. The molecule has 0 spiro atoms. The number of rotatable bonds is 5. The summed E-state index contributed by atoms with van der Waals surface area (Å²) in [6.07, 6.45) is 1.57. The molecule has 1 aromatic carbocycles. The summed E-state index contributed by atoms with van der Waals surface area (Å²) < 4.78 is 6.96. The molecule has 106 valence electrons. The van der Waals surface area contributed by atoms with Crippen molar-refractivity contribution in [2.45, 2.75) is 20.4 Å². The predicted molar refractivity (Wildman–Crippen MR) is 76.0 cm³/mol. The van der Waals surface area contributed by atoms with Gasteiger partial charge in [0.05, 0.1) is 7.11 Å². The van der Waals surface area contributed by atoms with E-state index in [0.29, 0.717) is 29.5 Å². The molecular formula is C15H18N2O3. The van der Waals surface area contributed by atoms with Crippen molar-refractivity contribution in [3.8, 4) is 17.0 Å². The van der Waals surface area contributed by atoms with E-state index in [1.807, 2.05) is 18.2 Å². The van der Waals surface area contributed by atoms with Gasteiger partial charge in [0, 0.05) is 18.3 Å². The Morgan fingerprint density at radius 1 is 1.40 bits per heavy atom. The van der Waals surface area contributed by atoms with E-state index in [-0.39, 0.29) is 5.56 Å². The van der Waals surface area contributed by atoms with Crippen LogP contribution in [-0.4, -0.2) is 28.0 Å². The van der Waals surface area contributed by atoms with Crippen LogP contribution < -0.4 is 4.74 Å². The number of carbonyl (C=O) groups is 1. The molecule has 1 heterocycles. The van der Waals surface area contributed by atoms with Gasteiger partial charge < -0.3 is 9.84 Å². The minimum absolute atomic E-state index is 0.190. The van der Waals surface area contributed by atoms with Crippen molar-refractivity contribution in [2.75, 3.05) is 7.11 Å². The molecule has 5 nitrogen and oxygen atoms in total. The van der Waals surface area contributed by atoms with Gasteiger partial charge in [0.15, 0.2) is 0 Å². The second-order valence-corrected chi connectivity index (χ2v) is 5.01. The number of methoxy groups -OCH3 is 1. The van der Waals surface area contributed by atoms with E-state index >= 15 is 0 Å². The Balaban J connectivity index is 2.54. The molecule has 0 aliphatic carbocycles. The fourth-order valence-electron chi connectivity index (χ4n) is 2.08. The zero-order valence-electron chi connectivity index (χ0n) is 11.8. The van der Waals surface area contributed by atoms with Crippen molar-refractivity contribution in [1.29, 1.82) is 0 Å². The minimum atomic E-state index is -0.985. The van der Waals surface area contributed by atoms with Gasteiger partial charge >= 0.3 is 5.97 Å². The Bertz CT molecular complexity index is 617. The Labute approximate surface area is 117 Å². The molecular weight excluding hydrogens is 256 g/mol. The number of para-hydroxylation sites is 1. The third kappa shape index (κ3) is 2.82. The second kappa shape index (κ2) is 5.77. The highest BCUT2D eigenvalue weighted by molar-refractivity contribution is 5.95. The van der Waals surface area contributed by atoms with E-state index in [9.17, 15) is 9.90 Å². The first-order valence-electron chi connectivity index (χ1n) is 6.47. The Kier molecular flexibility index (Phi) is 4.08. The highest BCUT2D eigenvalue weighted by atomic mass is 16.5. The molecule has 2 rings (SSSR count). The number of carboxylic acid groups (broad SMARTS) is 1. The molecule has 2 aromatic rings. The maximum atomic E-state index is 11.4. The monoisotopic (exact) mass is 274 g/mol. The first-order valence-corrected chi connectivity index (χ1v) is 6.47. The standard InChI is InChI=1S/C15H18N2O3/c1-10(2)8-17-9-12(15(18)19)14(16-17)11-6-4-5-7-13(11)20-3/h4-7,9-10H,8H2,1-3H3,(H,18,19). The Hall–Kier alpha value is -2.30. The summed E-state index contributed by atoms with van der Waals surface area (Å²) in [7, 11) is 1.56. The highest BCUT2D eigenvalue weighted by Gasteiger charge is 2.19. The molecule has 20 heavy (non-hydrogen) atoms. The average molecular weight is 274 g/mol. The van der Waals surface area contributed by atoms with Gasteiger partial charge in [-0.2, -0.15) is 5.10 Å². The number of carboxylic acids is 1. The second-order valence-electron chi connectivity index (χ2n) is 5.01. The third-order valence-corrected chi connectivity index (χ3v) is 2.91. The van der Waals surface area contributed by atoms with E-state index in [1.54, 1.807) is 24.1 Å². The van der Waals surface area contributed by atoms with Crippen LogP contribution in [0.15, 0.2) is 30.5 Å².